The van der Waals surface area contributed by atoms with Gasteiger partial charge in [0.2, 0.25) is 0 Å². The zero-order chi connectivity index (χ0) is 15.4. The molecule has 1 atom stereocenters. The zero-order valence-corrected chi connectivity index (χ0v) is 14.0. The number of fused-ring (bicyclic) bond motifs is 1. The Balaban J connectivity index is 1.55. The third kappa shape index (κ3) is 3.66. The Morgan fingerprint density at radius 3 is 2.77 bits per heavy atom. The van der Waals surface area contributed by atoms with E-state index in [-0.39, 0.29) is 11.9 Å². The molecule has 22 heavy (non-hydrogen) atoms. The molecule has 0 aromatic heterocycles. The lowest BCUT2D eigenvalue weighted by molar-refractivity contribution is -0.149. The molecule has 0 radical (unpaired) electrons. The Morgan fingerprint density at radius 1 is 1.23 bits per heavy atom. The Bertz CT molecular complexity index is 512. The van der Waals surface area contributed by atoms with Crippen molar-refractivity contribution >= 4 is 17.7 Å². The first-order chi connectivity index (χ1) is 10.8. The molecule has 1 aliphatic carbocycles. The molecule has 4 heteroatoms. The summed E-state index contributed by atoms with van der Waals surface area (Å²) in [4.78, 5) is 13.2. The summed E-state index contributed by atoms with van der Waals surface area (Å²) in [6.07, 6.45) is 5.27. The monoisotopic (exact) mass is 319 g/mol. The second-order valence-electron chi connectivity index (χ2n) is 6.19. The number of thioether (sulfide) groups is 1. The normalized spacial score (nSPS) is 28.0. The molecule has 3 rings (SSSR count). The van der Waals surface area contributed by atoms with Gasteiger partial charge in [0.05, 0.1) is 12.5 Å². The van der Waals surface area contributed by atoms with E-state index >= 15 is 0 Å². The largest absolute Gasteiger partial charge is 0.466 e. The lowest BCUT2D eigenvalue weighted by Gasteiger charge is -2.33. The number of benzene rings is 1. The minimum atomic E-state index is 0.000335. The average molecular weight is 319 g/mol. The van der Waals surface area contributed by atoms with Gasteiger partial charge < -0.3 is 10.1 Å². The van der Waals surface area contributed by atoms with Crippen LogP contribution in [-0.2, 0) is 9.53 Å². The van der Waals surface area contributed by atoms with E-state index in [0.29, 0.717) is 18.7 Å². The highest BCUT2D eigenvalue weighted by Crippen LogP contribution is 2.37. The fraction of sp³-hybridized carbons (Fsp3) is 0.611. The van der Waals surface area contributed by atoms with Gasteiger partial charge in [-0.1, -0.05) is 18.2 Å². The fourth-order valence-corrected chi connectivity index (χ4v) is 4.68. The predicted octanol–water partition coefficient (Wildman–Crippen LogP) is 3.94. The molecule has 0 saturated heterocycles. The number of esters is 1. The first-order valence-corrected chi connectivity index (χ1v) is 9.41. The van der Waals surface area contributed by atoms with Crippen LogP contribution in [0.25, 0.3) is 0 Å². The van der Waals surface area contributed by atoms with E-state index in [9.17, 15) is 4.79 Å². The van der Waals surface area contributed by atoms with Crippen molar-refractivity contribution in [2.24, 2.45) is 5.92 Å². The molecule has 0 amide bonds. The summed E-state index contributed by atoms with van der Waals surface area (Å²) >= 11 is 1.96. The van der Waals surface area contributed by atoms with Gasteiger partial charge in [0.25, 0.3) is 0 Å². The smallest absolute Gasteiger partial charge is 0.308 e. The quantitative estimate of drug-likeness (QED) is 0.853. The molecule has 1 fully saturated rings. The van der Waals surface area contributed by atoms with Crippen molar-refractivity contribution in [3.8, 4) is 0 Å². The lowest BCUT2D eigenvalue weighted by atomic mass is 9.85. The number of carbonyl (C=O) groups excluding carboxylic acids is 1. The molecule has 2 aliphatic rings. The van der Waals surface area contributed by atoms with Crippen molar-refractivity contribution in [1.29, 1.82) is 0 Å². The van der Waals surface area contributed by atoms with Gasteiger partial charge in [0, 0.05) is 17.0 Å². The summed E-state index contributed by atoms with van der Waals surface area (Å²) in [6.45, 7) is 2.37. The standard InChI is InChI=1S/C18H25NO2S/c1-2-21-18(20)13-7-9-14(10-8-13)19-16-11-12-22-17-6-4-3-5-15(16)17/h3-6,13-14,16,19H,2,7-12H2,1H3. The summed E-state index contributed by atoms with van der Waals surface area (Å²) in [5.41, 5.74) is 1.45. The minimum Gasteiger partial charge on any atom is -0.466 e. The first-order valence-electron chi connectivity index (χ1n) is 8.42. The van der Waals surface area contributed by atoms with Crippen LogP contribution in [0.5, 0.6) is 0 Å². The molecule has 3 nitrogen and oxygen atoms in total. The Hall–Kier alpha value is -1.00. The highest BCUT2D eigenvalue weighted by molar-refractivity contribution is 7.99. The second kappa shape index (κ2) is 7.51. The third-order valence-corrected chi connectivity index (χ3v) is 5.87. The number of hydrogen-bond acceptors (Lipinski definition) is 4. The van der Waals surface area contributed by atoms with E-state index in [1.54, 1.807) is 0 Å². The summed E-state index contributed by atoms with van der Waals surface area (Å²) in [7, 11) is 0. The Morgan fingerprint density at radius 2 is 2.00 bits per heavy atom. The van der Waals surface area contributed by atoms with Crippen LogP contribution in [0.1, 0.15) is 50.6 Å². The first kappa shape index (κ1) is 15.9. The highest BCUT2D eigenvalue weighted by Gasteiger charge is 2.29. The van der Waals surface area contributed by atoms with Crippen molar-refractivity contribution in [3.05, 3.63) is 29.8 Å². The molecular formula is C18H25NO2S. The summed E-state index contributed by atoms with van der Waals surface area (Å²) in [6, 6.07) is 9.75. The number of carbonyl (C=O) groups is 1. The summed E-state index contributed by atoms with van der Waals surface area (Å²) in [5, 5.41) is 3.84. The molecule has 1 unspecified atom stereocenters. The van der Waals surface area contributed by atoms with Crippen molar-refractivity contribution in [2.45, 2.75) is 56.0 Å². The van der Waals surface area contributed by atoms with E-state index in [2.05, 4.69) is 29.6 Å². The maximum Gasteiger partial charge on any atom is 0.308 e. The number of rotatable bonds is 4. The van der Waals surface area contributed by atoms with Crippen molar-refractivity contribution in [2.75, 3.05) is 12.4 Å². The number of hydrogen-bond donors (Lipinski definition) is 1. The molecular weight excluding hydrogens is 294 g/mol. The van der Waals surface area contributed by atoms with Crippen molar-refractivity contribution < 1.29 is 9.53 Å². The van der Waals surface area contributed by atoms with Crippen LogP contribution in [0.3, 0.4) is 0 Å². The maximum absolute atomic E-state index is 11.8. The molecule has 1 aromatic rings. The van der Waals surface area contributed by atoms with Gasteiger partial charge in [-0.2, -0.15) is 0 Å². The minimum absolute atomic E-state index is 0.000335. The van der Waals surface area contributed by atoms with E-state index in [1.165, 1.54) is 22.6 Å². The van der Waals surface area contributed by atoms with Gasteiger partial charge >= 0.3 is 5.97 Å². The zero-order valence-electron chi connectivity index (χ0n) is 13.2. The van der Waals surface area contributed by atoms with Crippen molar-refractivity contribution in [1.82, 2.24) is 5.32 Å². The Labute approximate surface area is 137 Å². The number of nitrogens with one attached hydrogen (secondary N) is 1. The van der Waals surface area contributed by atoms with Crippen LogP contribution in [0.15, 0.2) is 29.2 Å². The summed E-state index contributed by atoms with van der Waals surface area (Å²) in [5.74, 6) is 1.31. The third-order valence-electron chi connectivity index (χ3n) is 4.74. The Kier molecular flexibility index (Phi) is 5.42. The molecule has 0 bridgehead atoms. The van der Waals surface area contributed by atoms with Gasteiger partial charge in [-0.15, -0.1) is 11.8 Å². The lowest BCUT2D eigenvalue weighted by Crippen LogP contribution is -2.38. The summed E-state index contributed by atoms with van der Waals surface area (Å²) < 4.78 is 5.15. The van der Waals surface area contributed by atoms with E-state index in [1.807, 2.05) is 18.7 Å². The van der Waals surface area contributed by atoms with Gasteiger partial charge in [-0.05, 0) is 56.4 Å². The van der Waals surface area contributed by atoms with E-state index in [0.717, 1.165) is 25.7 Å². The topological polar surface area (TPSA) is 38.3 Å². The van der Waals surface area contributed by atoms with Gasteiger partial charge in [-0.25, -0.2) is 0 Å². The van der Waals surface area contributed by atoms with Gasteiger partial charge in [-0.3, -0.25) is 4.79 Å². The van der Waals surface area contributed by atoms with Crippen LogP contribution in [0.4, 0.5) is 0 Å². The maximum atomic E-state index is 11.8. The van der Waals surface area contributed by atoms with E-state index < -0.39 is 0 Å². The van der Waals surface area contributed by atoms with Gasteiger partial charge in [0.1, 0.15) is 0 Å². The highest BCUT2D eigenvalue weighted by atomic mass is 32.2. The van der Waals surface area contributed by atoms with Crippen LogP contribution >= 0.6 is 11.8 Å². The molecule has 1 heterocycles. The van der Waals surface area contributed by atoms with Crippen LogP contribution in [0.2, 0.25) is 0 Å². The van der Waals surface area contributed by atoms with Crippen LogP contribution in [0, 0.1) is 5.92 Å². The van der Waals surface area contributed by atoms with E-state index in [4.69, 9.17) is 4.74 Å². The van der Waals surface area contributed by atoms with Crippen LogP contribution < -0.4 is 5.32 Å². The average Bonchev–Trinajstić information content (AvgIpc) is 2.56. The molecule has 1 saturated carbocycles. The predicted molar refractivity (Wildman–Crippen MR) is 90.0 cm³/mol. The fourth-order valence-electron chi connectivity index (χ4n) is 3.56. The molecule has 1 N–H and O–H groups in total. The molecule has 120 valence electrons. The molecule has 0 spiro atoms. The SMILES string of the molecule is CCOC(=O)C1CCC(NC2CCSc3ccccc32)CC1. The molecule has 1 aromatic carbocycles. The van der Waals surface area contributed by atoms with Crippen molar-refractivity contribution in [3.63, 3.8) is 0 Å². The second-order valence-corrected chi connectivity index (χ2v) is 7.33. The van der Waals surface area contributed by atoms with Crippen LogP contribution in [-0.4, -0.2) is 24.4 Å². The number of ether oxygens (including phenoxy) is 1. The van der Waals surface area contributed by atoms with Gasteiger partial charge in [0.15, 0.2) is 0 Å². The molecule has 1 aliphatic heterocycles.